The third-order valence-corrected chi connectivity index (χ3v) is 6.44. The average molecular weight is 496 g/mol. The molecule has 0 saturated heterocycles. The number of benzene rings is 2. The van der Waals surface area contributed by atoms with Gasteiger partial charge in [0.1, 0.15) is 11.5 Å². The Labute approximate surface area is 202 Å². The standard InChI is InChI=1S/C24H21N3O7S/c1-4-34-23(30)20-13(2)25-24-26(21(20)14-5-8-17(33-3)9-6-14)22(29)19(35-24)12-15-11-16(27(31)32)7-10-18(15)28/h5-12,21,28H,4H2,1-3H3/b19-12+. The van der Waals surface area contributed by atoms with E-state index in [1.165, 1.54) is 36.0 Å². The van der Waals surface area contributed by atoms with Gasteiger partial charge in [0.15, 0.2) is 4.80 Å². The topological polar surface area (TPSA) is 133 Å². The number of rotatable bonds is 6. The number of methoxy groups -OCH3 is 1. The molecule has 4 rings (SSSR count). The van der Waals surface area contributed by atoms with Gasteiger partial charge in [0, 0.05) is 17.7 Å². The molecule has 2 heterocycles. The first-order valence-electron chi connectivity index (χ1n) is 10.6. The molecule has 0 saturated carbocycles. The second kappa shape index (κ2) is 9.55. The fourth-order valence-electron chi connectivity index (χ4n) is 3.81. The van der Waals surface area contributed by atoms with Crippen LogP contribution >= 0.6 is 11.3 Å². The Morgan fingerprint density at radius 1 is 1.29 bits per heavy atom. The molecule has 3 aromatic rings. The van der Waals surface area contributed by atoms with Crippen LogP contribution in [0.1, 0.15) is 31.0 Å². The van der Waals surface area contributed by atoms with Crippen molar-refractivity contribution in [1.82, 2.24) is 4.57 Å². The van der Waals surface area contributed by atoms with Gasteiger partial charge in [-0.1, -0.05) is 23.5 Å². The lowest BCUT2D eigenvalue weighted by Gasteiger charge is -2.24. The number of nitrogens with zero attached hydrogens (tertiary/aromatic N) is 3. The molecule has 1 aliphatic heterocycles. The minimum absolute atomic E-state index is 0.117. The number of ether oxygens (including phenoxy) is 2. The van der Waals surface area contributed by atoms with Crippen molar-refractivity contribution >= 4 is 29.1 Å². The van der Waals surface area contributed by atoms with E-state index in [0.29, 0.717) is 21.8 Å². The van der Waals surface area contributed by atoms with Crippen molar-refractivity contribution in [3.05, 3.63) is 94.7 Å². The lowest BCUT2D eigenvalue weighted by atomic mass is 9.96. The summed E-state index contributed by atoms with van der Waals surface area (Å²) in [7, 11) is 1.54. The summed E-state index contributed by atoms with van der Waals surface area (Å²) in [6.07, 6.45) is 1.38. The number of carbonyl (C=O) groups is 1. The summed E-state index contributed by atoms with van der Waals surface area (Å²) in [5.41, 5.74) is 0.721. The minimum Gasteiger partial charge on any atom is -0.507 e. The van der Waals surface area contributed by atoms with E-state index in [4.69, 9.17) is 9.47 Å². The highest BCUT2D eigenvalue weighted by Gasteiger charge is 2.33. The number of phenols is 1. The van der Waals surface area contributed by atoms with Gasteiger partial charge in [0.2, 0.25) is 0 Å². The van der Waals surface area contributed by atoms with Crippen molar-refractivity contribution < 1.29 is 24.3 Å². The van der Waals surface area contributed by atoms with Crippen molar-refractivity contribution in [3.63, 3.8) is 0 Å². The summed E-state index contributed by atoms with van der Waals surface area (Å²) in [6.45, 7) is 3.52. The van der Waals surface area contributed by atoms with Gasteiger partial charge in [-0.05, 0) is 43.7 Å². The highest BCUT2D eigenvalue weighted by atomic mass is 32.1. The number of carbonyl (C=O) groups excluding carboxylic acids is 1. The van der Waals surface area contributed by atoms with E-state index in [9.17, 15) is 24.8 Å². The minimum atomic E-state index is -0.808. The van der Waals surface area contributed by atoms with Crippen LogP contribution in [-0.4, -0.2) is 34.3 Å². The van der Waals surface area contributed by atoms with Crippen LogP contribution in [-0.2, 0) is 9.53 Å². The number of non-ortho nitro benzene ring substituents is 1. The summed E-state index contributed by atoms with van der Waals surface area (Å²) in [6, 6.07) is 9.71. The van der Waals surface area contributed by atoms with E-state index < -0.39 is 22.5 Å². The summed E-state index contributed by atoms with van der Waals surface area (Å²) in [4.78, 5) is 41.8. The average Bonchev–Trinajstić information content (AvgIpc) is 3.14. The van der Waals surface area contributed by atoms with Gasteiger partial charge in [-0.25, -0.2) is 9.79 Å². The van der Waals surface area contributed by atoms with Crippen molar-refractivity contribution in [1.29, 1.82) is 0 Å². The Hall–Kier alpha value is -4.25. The fraction of sp³-hybridized carbons (Fsp3) is 0.208. The molecule has 2 aromatic carbocycles. The first-order chi connectivity index (χ1) is 16.7. The van der Waals surface area contributed by atoms with Crippen molar-refractivity contribution in [2.75, 3.05) is 13.7 Å². The zero-order valence-electron chi connectivity index (χ0n) is 19.0. The molecule has 1 aliphatic rings. The molecule has 11 heteroatoms. The van der Waals surface area contributed by atoms with Gasteiger partial charge in [0.05, 0.1) is 40.5 Å². The molecule has 0 spiro atoms. The Morgan fingerprint density at radius 2 is 2.00 bits per heavy atom. The van der Waals surface area contributed by atoms with Crippen LogP contribution in [0.2, 0.25) is 0 Å². The van der Waals surface area contributed by atoms with Crippen LogP contribution in [0.5, 0.6) is 11.5 Å². The summed E-state index contributed by atoms with van der Waals surface area (Å²) >= 11 is 1.05. The second-order valence-electron chi connectivity index (χ2n) is 7.58. The molecule has 1 N–H and O–H groups in total. The van der Waals surface area contributed by atoms with Crippen LogP contribution < -0.4 is 19.6 Å². The van der Waals surface area contributed by atoms with E-state index in [1.807, 2.05) is 0 Å². The van der Waals surface area contributed by atoms with Gasteiger partial charge < -0.3 is 14.6 Å². The third-order valence-electron chi connectivity index (χ3n) is 5.46. The van der Waals surface area contributed by atoms with E-state index in [2.05, 4.69) is 4.99 Å². The second-order valence-corrected chi connectivity index (χ2v) is 8.58. The van der Waals surface area contributed by atoms with Gasteiger partial charge in [0.25, 0.3) is 11.2 Å². The molecular formula is C24H21N3O7S. The molecule has 0 radical (unpaired) electrons. The molecule has 0 fully saturated rings. The van der Waals surface area contributed by atoms with Crippen LogP contribution in [0.25, 0.3) is 6.08 Å². The number of nitro groups is 1. The molecular weight excluding hydrogens is 474 g/mol. The number of nitro benzene ring substituents is 1. The molecule has 0 aliphatic carbocycles. The highest BCUT2D eigenvalue weighted by Crippen LogP contribution is 2.31. The summed E-state index contributed by atoms with van der Waals surface area (Å²) < 4.78 is 12.1. The Bertz CT molecular complexity index is 1530. The van der Waals surface area contributed by atoms with Crippen molar-refractivity contribution in [2.45, 2.75) is 19.9 Å². The number of hydrogen-bond donors (Lipinski definition) is 1. The van der Waals surface area contributed by atoms with Crippen molar-refractivity contribution in [2.24, 2.45) is 4.99 Å². The lowest BCUT2D eigenvalue weighted by molar-refractivity contribution is -0.384. The Kier molecular flexibility index (Phi) is 6.52. The van der Waals surface area contributed by atoms with E-state index >= 15 is 0 Å². The van der Waals surface area contributed by atoms with Crippen LogP contribution in [0.4, 0.5) is 5.69 Å². The molecule has 10 nitrogen and oxygen atoms in total. The summed E-state index contributed by atoms with van der Waals surface area (Å²) in [5, 5.41) is 21.4. The molecule has 180 valence electrons. The number of fused-ring (bicyclic) bond motifs is 1. The van der Waals surface area contributed by atoms with Gasteiger partial charge in [-0.15, -0.1) is 0 Å². The Balaban J connectivity index is 1.95. The normalized spacial score (nSPS) is 15.4. The third kappa shape index (κ3) is 4.45. The van der Waals surface area contributed by atoms with Gasteiger partial charge >= 0.3 is 5.97 Å². The van der Waals surface area contributed by atoms with Crippen LogP contribution in [0.15, 0.2) is 63.5 Å². The van der Waals surface area contributed by atoms with Crippen LogP contribution in [0.3, 0.4) is 0 Å². The largest absolute Gasteiger partial charge is 0.507 e. The molecule has 0 amide bonds. The maximum Gasteiger partial charge on any atom is 0.338 e. The van der Waals surface area contributed by atoms with Crippen LogP contribution in [0, 0.1) is 10.1 Å². The first kappa shape index (κ1) is 23.9. The zero-order chi connectivity index (χ0) is 25.3. The quantitative estimate of drug-likeness (QED) is 0.315. The molecule has 1 aromatic heterocycles. The smallest absolute Gasteiger partial charge is 0.338 e. The number of hydrogen-bond acceptors (Lipinski definition) is 9. The zero-order valence-corrected chi connectivity index (χ0v) is 19.9. The maximum atomic E-state index is 13.6. The van der Waals surface area contributed by atoms with E-state index in [-0.39, 0.29) is 33.7 Å². The van der Waals surface area contributed by atoms with Gasteiger partial charge in [-0.3, -0.25) is 19.5 Å². The Morgan fingerprint density at radius 3 is 2.63 bits per heavy atom. The lowest BCUT2D eigenvalue weighted by Crippen LogP contribution is -2.39. The maximum absolute atomic E-state index is 13.6. The van der Waals surface area contributed by atoms with E-state index in [0.717, 1.165) is 11.3 Å². The predicted molar refractivity (Wildman–Crippen MR) is 128 cm³/mol. The monoisotopic (exact) mass is 495 g/mol. The highest BCUT2D eigenvalue weighted by molar-refractivity contribution is 7.07. The number of aromatic nitrogens is 1. The number of phenolic OH excluding ortho intramolecular Hbond substituents is 1. The number of esters is 1. The molecule has 1 atom stereocenters. The summed E-state index contributed by atoms with van der Waals surface area (Å²) in [5.74, 6) is -0.183. The number of allylic oxidation sites excluding steroid dienone is 1. The molecule has 0 bridgehead atoms. The first-order valence-corrected chi connectivity index (χ1v) is 11.4. The predicted octanol–water partition coefficient (Wildman–Crippen LogP) is 2.42. The molecule has 1 unspecified atom stereocenters. The van der Waals surface area contributed by atoms with Gasteiger partial charge in [-0.2, -0.15) is 0 Å². The van der Waals surface area contributed by atoms with Crippen molar-refractivity contribution in [3.8, 4) is 11.5 Å². The van der Waals surface area contributed by atoms with E-state index in [1.54, 1.807) is 38.1 Å². The SMILES string of the molecule is CCOC(=O)C1=C(C)N=c2s/c(=C/c3cc([N+](=O)[O-])ccc3O)c(=O)n2C1c1ccc(OC)cc1. The fourth-order valence-corrected chi connectivity index (χ4v) is 4.84. The number of aromatic hydroxyl groups is 1. The molecule has 35 heavy (non-hydrogen) atoms. The number of thiazole rings is 1.